The minimum Gasteiger partial charge on any atom is -0.486 e. The summed E-state index contributed by atoms with van der Waals surface area (Å²) in [6.07, 6.45) is 1.49. The molecule has 2 heterocycles. The summed E-state index contributed by atoms with van der Waals surface area (Å²) < 4.78 is 17.1. The first kappa shape index (κ1) is 13.8. The van der Waals surface area contributed by atoms with Crippen LogP contribution < -0.4 is 4.74 Å². The van der Waals surface area contributed by atoms with Gasteiger partial charge in [0.05, 0.1) is 12.8 Å². The molecular formula is C14H12N4O4. The van der Waals surface area contributed by atoms with Crippen molar-refractivity contribution in [2.24, 2.45) is 0 Å². The molecule has 0 spiro atoms. The van der Waals surface area contributed by atoms with Crippen LogP contribution >= 0.6 is 0 Å². The zero-order valence-corrected chi connectivity index (χ0v) is 11.7. The van der Waals surface area contributed by atoms with Crippen molar-refractivity contribution in [3.63, 3.8) is 0 Å². The Kier molecular flexibility index (Phi) is 3.82. The Morgan fingerprint density at radius 2 is 2.23 bits per heavy atom. The highest BCUT2D eigenvalue weighted by atomic mass is 16.5. The fourth-order valence-corrected chi connectivity index (χ4v) is 1.82. The van der Waals surface area contributed by atoms with Crippen molar-refractivity contribution in [2.45, 2.75) is 6.61 Å². The largest absolute Gasteiger partial charge is 0.486 e. The van der Waals surface area contributed by atoms with E-state index < -0.39 is 5.97 Å². The van der Waals surface area contributed by atoms with E-state index in [0.29, 0.717) is 11.5 Å². The highest BCUT2D eigenvalue weighted by Crippen LogP contribution is 2.18. The smallest absolute Gasteiger partial charge is 0.373 e. The van der Waals surface area contributed by atoms with Gasteiger partial charge in [0.15, 0.2) is 0 Å². The topological polar surface area (TPSA) is 92.3 Å². The van der Waals surface area contributed by atoms with Gasteiger partial charge in [0.1, 0.15) is 24.4 Å². The molecule has 0 N–H and O–H groups in total. The molecule has 1 aromatic carbocycles. The van der Waals surface area contributed by atoms with Gasteiger partial charge in [0.25, 0.3) is 0 Å². The summed E-state index contributed by atoms with van der Waals surface area (Å²) in [4.78, 5) is 11.3. The van der Waals surface area contributed by atoms with Crippen LogP contribution in [0.4, 0.5) is 0 Å². The van der Waals surface area contributed by atoms with Crippen molar-refractivity contribution in [1.82, 2.24) is 20.2 Å². The van der Waals surface area contributed by atoms with Gasteiger partial charge in [-0.3, -0.25) is 0 Å². The summed E-state index contributed by atoms with van der Waals surface area (Å²) in [5, 5.41) is 11.0. The van der Waals surface area contributed by atoms with Crippen LogP contribution in [0.1, 0.15) is 16.3 Å². The minimum atomic E-state index is -0.521. The van der Waals surface area contributed by atoms with Gasteiger partial charge < -0.3 is 13.9 Å². The molecule has 0 amide bonds. The SMILES string of the molecule is COC(=O)c1ccc(COc2cccc(-n3cnnn3)c2)o1. The molecule has 0 aliphatic carbocycles. The van der Waals surface area contributed by atoms with E-state index in [-0.39, 0.29) is 12.4 Å². The number of carbonyl (C=O) groups is 1. The molecule has 2 aromatic heterocycles. The number of ether oxygens (including phenoxy) is 2. The van der Waals surface area contributed by atoms with E-state index in [0.717, 1.165) is 5.69 Å². The molecule has 0 bridgehead atoms. The molecule has 3 aromatic rings. The molecule has 0 aliphatic rings. The van der Waals surface area contributed by atoms with Crippen LogP contribution in [0.3, 0.4) is 0 Å². The predicted octanol–water partition coefficient (Wildman–Crippen LogP) is 1.62. The Bertz CT molecular complexity index is 767. The maximum Gasteiger partial charge on any atom is 0.373 e. The Hall–Kier alpha value is -3.16. The van der Waals surface area contributed by atoms with Gasteiger partial charge in [-0.2, -0.15) is 0 Å². The molecule has 0 aliphatic heterocycles. The van der Waals surface area contributed by atoms with Crippen molar-refractivity contribution < 1.29 is 18.7 Å². The number of aromatic nitrogens is 4. The number of methoxy groups -OCH3 is 1. The first-order valence-electron chi connectivity index (χ1n) is 6.39. The zero-order valence-electron chi connectivity index (χ0n) is 11.7. The summed E-state index contributed by atoms with van der Waals surface area (Å²) >= 11 is 0. The molecular weight excluding hydrogens is 288 g/mol. The molecule has 8 heteroatoms. The monoisotopic (exact) mass is 300 g/mol. The number of benzene rings is 1. The van der Waals surface area contributed by atoms with E-state index in [9.17, 15) is 4.79 Å². The first-order valence-corrected chi connectivity index (χ1v) is 6.39. The number of carbonyl (C=O) groups excluding carboxylic acids is 1. The zero-order chi connectivity index (χ0) is 15.4. The second-order valence-electron chi connectivity index (χ2n) is 4.30. The van der Waals surface area contributed by atoms with E-state index in [1.165, 1.54) is 18.1 Å². The quantitative estimate of drug-likeness (QED) is 0.661. The van der Waals surface area contributed by atoms with Gasteiger partial charge in [-0.1, -0.05) is 6.07 Å². The van der Waals surface area contributed by atoms with Crippen LogP contribution in [0.2, 0.25) is 0 Å². The average Bonchev–Trinajstić information content (AvgIpc) is 3.24. The van der Waals surface area contributed by atoms with Gasteiger partial charge in [0.2, 0.25) is 5.76 Å². The van der Waals surface area contributed by atoms with E-state index in [4.69, 9.17) is 9.15 Å². The third-order valence-corrected chi connectivity index (χ3v) is 2.86. The standard InChI is InChI=1S/C14H12N4O4/c1-20-14(19)13-6-5-12(22-13)8-21-11-4-2-3-10(7-11)18-9-15-16-17-18/h2-7,9H,8H2,1H3. The van der Waals surface area contributed by atoms with Gasteiger partial charge in [-0.25, -0.2) is 9.48 Å². The van der Waals surface area contributed by atoms with Gasteiger partial charge in [0, 0.05) is 6.07 Å². The molecule has 0 unspecified atom stereocenters. The highest BCUT2D eigenvalue weighted by molar-refractivity contribution is 5.86. The second kappa shape index (κ2) is 6.08. The van der Waals surface area contributed by atoms with Gasteiger partial charge in [-0.15, -0.1) is 5.10 Å². The van der Waals surface area contributed by atoms with Crippen molar-refractivity contribution >= 4 is 5.97 Å². The lowest BCUT2D eigenvalue weighted by Gasteiger charge is -2.06. The van der Waals surface area contributed by atoms with Crippen LogP contribution in [0.25, 0.3) is 5.69 Å². The number of hydrogen-bond acceptors (Lipinski definition) is 7. The van der Waals surface area contributed by atoms with E-state index >= 15 is 0 Å². The third kappa shape index (κ3) is 2.95. The van der Waals surface area contributed by atoms with Crippen molar-refractivity contribution in [3.8, 4) is 11.4 Å². The lowest BCUT2D eigenvalue weighted by Crippen LogP contribution is -1.99. The summed E-state index contributed by atoms with van der Waals surface area (Å²) in [7, 11) is 1.30. The third-order valence-electron chi connectivity index (χ3n) is 2.86. The number of tetrazole rings is 1. The lowest BCUT2D eigenvalue weighted by molar-refractivity contribution is 0.0561. The summed E-state index contributed by atoms with van der Waals surface area (Å²) in [5.74, 6) is 0.771. The maximum absolute atomic E-state index is 11.3. The number of esters is 1. The van der Waals surface area contributed by atoms with Crippen LogP contribution in [-0.2, 0) is 11.3 Å². The minimum absolute atomic E-state index is 0.142. The van der Waals surface area contributed by atoms with Crippen molar-refractivity contribution in [3.05, 3.63) is 54.2 Å². The molecule has 0 saturated carbocycles. The molecule has 3 rings (SSSR count). The summed E-state index contributed by atoms with van der Waals surface area (Å²) in [6.45, 7) is 0.191. The number of nitrogens with zero attached hydrogens (tertiary/aromatic N) is 4. The van der Waals surface area contributed by atoms with Crippen LogP contribution in [0, 0.1) is 0 Å². The summed E-state index contributed by atoms with van der Waals surface area (Å²) in [5.41, 5.74) is 0.775. The molecule has 112 valence electrons. The van der Waals surface area contributed by atoms with Crippen LogP contribution in [-0.4, -0.2) is 33.3 Å². The molecule has 0 saturated heterocycles. The lowest BCUT2D eigenvalue weighted by atomic mass is 10.3. The van der Waals surface area contributed by atoms with Crippen molar-refractivity contribution in [2.75, 3.05) is 7.11 Å². The fourth-order valence-electron chi connectivity index (χ4n) is 1.82. The Balaban J connectivity index is 1.68. The maximum atomic E-state index is 11.3. The number of furan rings is 1. The Morgan fingerprint density at radius 3 is 3.00 bits per heavy atom. The van der Waals surface area contributed by atoms with Gasteiger partial charge >= 0.3 is 5.97 Å². The van der Waals surface area contributed by atoms with E-state index in [2.05, 4.69) is 20.3 Å². The molecule has 8 nitrogen and oxygen atoms in total. The Labute approximate surface area is 125 Å². The highest BCUT2D eigenvalue weighted by Gasteiger charge is 2.11. The number of rotatable bonds is 5. The predicted molar refractivity (Wildman–Crippen MR) is 73.5 cm³/mol. The van der Waals surface area contributed by atoms with E-state index in [1.54, 1.807) is 24.3 Å². The second-order valence-corrected chi connectivity index (χ2v) is 4.30. The number of hydrogen-bond donors (Lipinski definition) is 0. The van der Waals surface area contributed by atoms with Crippen molar-refractivity contribution in [1.29, 1.82) is 0 Å². The average molecular weight is 300 g/mol. The normalized spacial score (nSPS) is 10.4. The first-order chi connectivity index (χ1) is 10.8. The van der Waals surface area contributed by atoms with Crippen LogP contribution in [0.15, 0.2) is 47.1 Å². The van der Waals surface area contributed by atoms with E-state index in [1.807, 2.05) is 12.1 Å². The van der Waals surface area contributed by atoms with Gasteiger partial charge in [-0.05, 0) is 34.7 Å². The Morgan fingerprint density at radius 1 is 1.32 bits per heavy atom. The van der Waals surface area contributed by atoms with Crippen LogP contribution in [0.5, 0.6) is 5.75 Å². The molecule has 22 heavy (non-hydrogen) atoms. The molecule has 0 fully saturated rings. The molecule has 0 radical (unpaired) electrons. The fraction of sp³-hybridized carbons (Fsp3) is 0.143. The molecule has 0 atom stereocenters. The summed E-state index contributed by atoms with van der Waals surface area (Å²) in [6, 6.07) is 10.5.